The first-order chi connectivity index (χ1) is 10.0. The minimum absolute atomic E-state index is 0.0702. The number of nitrogens with zero attached hydrogens (tertiary/aromatic N) is 1. The smallest absolute Gasteiger partial charge is 0.325 e. The molecule has 0 aliphatic carbocycles. The van der Waals surface area contributed by atoms with Crippen molar-refractivity contribution in [3.8, 4) is 0 Å². The molecule has 1 aromatic carbocycles. The van der Waals surface area contributed by atoms with E-state index in [9.17, 15) is 9.59 Å². The summed E-state index contributed by atoms with van der Waals surface area (Å²) in [7, 11) is 1.31. The molecule has 0 saturated heterocycles. The molecule has 2 rings (SSSR count). The van der Waals surface area contributed by atoms with Crippen molar-refractivity contribution in [2.75, 3.05) is 20.2 Å². The lowest BCUT2D eigenvalue weighted by Crippen LogP contribution is -2.36. The highest BCUT2D eigenvalue weighted by molar-refractivity contribution is 5.97. The van der Waals surface area contributed by atoms with Gasteiger partial charge in [0.05, 0.1) is 7.11 Å². The Balaban J connectivity index is 2.27. The largest absolute Gasteiger partial charge is 0.468 e. The van der Waals surface area contributed by atoms with Crippen molar-refractivity contribution >= 4 is 22.8 Å². The van der Waals surface area contributed by atoms with Gasteiger partial charge in [-0.05, 0) is 31.5 Å². The number of esters is 1. The van der Waals surface area contributed by atoms with Gasteiger partial charge in [-0.3, -0.25) is 9.59 Å². The van der Waals surface area contributed by atoms with E-state index in [2.05, 4.69) is 4.74 Å². The van der Waals surface area contributed by atoms with E-state index in [0.717, 1.165) is 17.4 Å². The molecule has 0 unspecified atom stereocenters. The molecule has 0 aliphatic rings. The fourth-order valence-corrected chi connectivity index (χ4v) is 2.17. The summed E-state index contributed by atoms with van der Waals surface area (Å²) in [6.07, 6.45) is 0.752. The average Bonchev–Trinajstić information content (AvgIpc) is 2.88. The molecule has 1 aromatic heterocycles. The number of hydrogen-bond acceptors (Lipinski definition) is 4. The van der Waals surface area contributed by atoms with Crippen LogP contribution in [-0.2, 0) is 9.53 Å². The molecular formula is C16H19NO4. The van der Waals surface area contributed by atoms with E-state index in [-0.39, 0.29) is 18.2 Å². The molecule has 1 heterocycles. The highest BCUT2D eigenvalue weighted by Crippen LogP contribution is 2.21. The number of hydrogen-bond donors (Lipinski definition) is 0. The van der Waals surface area contributed by atoms with Crippen LogP contribution in [0.25, 0.3) is 11.0 Å². The third-order valence-electron chi connectivity index (χ3n) is 3.21. The highest BCUT2D eigenvalue weighted by Gasteiger charge is 2.21. The number of amides is 1. The lowest BCUT2D eigenvalue weighted by molar-refractivity contribution is -0.141. The first-order valence-electron chi connectivity index (χ1n) is 6.91. The minimum atomic E-state index is -0.441. The Morgan fingerprint density at radius 1 is 1.29 bits per heavy atom. The Bertz CT molecular complexity index is 659. The minimum Gasteiger partial charge on any atom is -0.468 e. The van der Waals surface area contributed by atoms with Crippen LogP contribution >= 0.6 is 0 Å². The van der Waals surface area contributed by atoms with Crippen molar-refractivity contribution in [3.05, 3.63) is 35.6 Å². The molecule has 0 fully saturated rings. The molecule has 112 valence electrons. The second-order valence-electron chi connectivity index (χ2n) is 4.95. The molecule has 5 heteroatoms. The molecule has 0 saturated carbocycles. The van der Waals surface area contributed by atoms with Gasteiger partial charge in [0.2, 0.25) is 0 Å². The average molecular weight is 289 g/mol. The van der Waals surface area contributed by atoms with Crippen LogP contribution in [0.2, 0.25) is 0 Å². The van der Waals surface area contributed by atoms with Crippen LogP contribution in [0, 0.1) is 6.92 Å². The fraction of sp³-hybridized carbons (Fsp3) is 0.375. The summed E-state index contributed by atoms with van der Waals surface area (Å²) >= 11 is 0. The Labute approximate surface area is 123 Å². The van der Waals surface area contributed by atoms with Crippen molar-refractivity contribution in [2.45, 2.75) is 20.3 Å². The van der Waals surface area contributed by atoms with Gasteiger partial charge < -0.3 is 14.1 Å². The van der Waals surface area contributed by atoms with Crippen molar-refractivity contribution < 1.29 is 18.7 Å². The summed E-state index contributed by atoms with van der Waals surface area (Å²) in [5.74, 6) is -0.493. The van der Waals surface area contributed by atoms with Crippen LogP contribution in [0.5, 0.6) is 0 Å². The Morgan fingerprint density at radius 3 is 2.71 bits per heavy atom. The number of furan rings is 1. The number of carbonyl (C=O) groups excluding carboxylic acids is 2. The summed E-state index contributed by atoms with van der Waals surface area (Å²) in [5, 5.41) is 0.882. The predicted molar refractivity (Wildman–Crippen MR) is 79.2 cm³/mol. The molecule has 0 atom stereocenters. The molecule has 21 heavy (non-hydrogen) atoms. The van der Waals surface area contributed by atoms with Gasteiger partial charge in [-0.2, -0.15) is 0 Å². The second-order valence-corrected chi connectivity index (χ2v) is 4.95. The van der Waals surface area contributed by atoms with E-state index >= 15 is 0 Å². The van der Waals surface area contributed by atoms with Gasteiger partial charge in [-0.1, -0.05) is 18.6 Å². The third kappa shape index (κ3) is 3.42. The fourth-order valence-electron chi connectivity index (χ4n) is 2.17. The maximum absolute atomic E-state index is 12.5. The lowest BCUT2D eigenvalue weighted by atomic mass is 10.2. The summed E-state index contributed by atoms with van der Waals surface area (Å²) in [6, 6.07) is 7.44. The molecule has 0 aliphatic heterocycles. The van der Waals surface area contributed by atoms with E-state index in [1.54, 1.807) is 6.07 Å². The molecule has 0 bridgehead atoms. The van der Waals surface area contributed by atoms with Crippen molar-refractivity contribution in [3.63, 3.8) is 0 Å². The normalized spacial score (nSPS) is 10.6. The number of fused-ring (bicyclic) bond motifs is 1. The number of aryl methyl sites for hydroxylation is 1. The third-order valence-corrected chi connectivity index (χ3v) is 3.21. The van der Waals surface area contributed by atoms with E-state index in [4.69, 9.17) is 4.42 Å². The molecule has 0 radical (unpaired) electrons. The standard InChI is InChI=1S/C16H19NO4/c1-4-7-17(10-15(18)20-3)16(19)14-9-12-8-11(2)5-6-13(12)21-14/h5-6,8-9H,4,7,10H2,1-3H3. The van der Waals surface area contributed by atoms with Crippen molar-refractivity contribution in [1.29, 1.82) is 0 Å². The van der Waals surface area contributed by atoms with Crippen LogP contribution in [0.1, 0.15) is 29.5 Å². The van der Waals surface area contributed by atoms with Gasteiger partial charge in [0.15, 0.2) is 5.76 Å². The second kappa shape index (κ2) is 6.43. The Morgan fingerprint density at radius 2 is 2.05 bits per heavy atom. The van der Waals surface area contributed by atoms with Crippen molar-refractivity contribution in [2.24, 2.45) is 0 Å². The molecule has 0 N–H and O–H groups in total. The lowest BCUT2D eigenvalue weighted by Gasteiger charge is -2.19. The van der Waals surface area contributed by atoms with Crippen molar-refractivity contribution in [1.82, 2.24) is 4.90 Å². The van der Waals surface area contributed by atoms with E-state index in [0.29, 0.717) is 12.1 Å². The zero-order chi connectivity index (χ0) is 15.4. The summed E-state index contributed by atoms with van der Waals surface area (Å²) < 4.78 is 10.2. The molecule has 0 spiro atoms. The molecule has 1 amide bonds. The zero-order valence-electron chi connectivity index (χ0n) is 12.5. The van der Waals surface area contributed by atoms with Gasteiger partial charge in [0, 0.05) is 11.9 Å². The summed E-state index contributed by atoms with van der Waals surface area (Å²) in [6.45, 7) is 4.33. The number of methoxy groups -OCH3 is 1. The quantitative estimate of drug-likeness (QED) is 0.794. The number of rotatable bonds is 5. The maximum Gasteiger partial charge on any atom is 0.325 e. The van der Waals surface area contributed by atoms with Gasteiger partial charge >= 0.3 is 5.97 Å². The Hall–Kier alpha value is -2.30. The number of carbonyl (C=O) groups is 2. The van der Waals surface area contributed by atoms with E-state index in [1.807, 2.05) is 32.0 Å². The van der Waals surface area contributed by atoms with Gasteiger partial charge in [-0.15, -0.1) is 0 Å². The maximum atomic E-state index is 12.5. The van der Waals surface area contributed by atoms with Gasteiger partial charge in [0.25, 0.3) is 5.91 Å². The molecule has 5 nitrogen and oxygen atoms in total. The Kier molecular flexibility index (Phi) is 4.62. The zero-order valence-corrected chi connectivity index (χ0v) is 12.5. The monoisotopic (exact) mass is 289 g/mol. The number of benzene rings is 1. The van der Waals surface area contributed by atoms with E-state index in [1.165, 1.54) is 12.0 Å². The summed E-state index contributed by atoms with van der Waals surface area (Å²) in [4.78, 5) is 25.3. The number of ether oxygens (including phenoxy) is 1. The van der Waals surface area contributed by atoms with Crippen LogP contribution in [0.3, 0.4) is 0 Å². The van der Waals surface area contributed by atoms with Crippen LogP contribution in [-0.4, -0.2) is 37.0 Å². The molecular weight excluding hydrogens is 270 g/mol. The molecule has 2 aromatic rings. The topological polar surface area (TPSA) is 59.8 Å². The first-order valence-corrected chi connectivity index (χ1v) is 6.91. The van der Waals surface area contributed by atoms with E-state index < -0.39 is 5.97 Å². The van der Waals surface area contributed by atoms with Crippen LogP contribution in [0.15, 0.2) is 28.7 Å². The first kappa shape index (κ1) is 15.1. The van der Waals surface area contributed by atoms with Crippen LogP contribution in [0.4, 0.5) is 0 Å². The van der Waals surface area contributed by atoms with Crippen LogP contribution < -0.4 is 0 Å². The SMILES string of the molecule is CCCN(CC(=O)OC)C(=O)c1cc2cc(C)ccc2o1. The van der Waals surface area contributed by atoms with Gasteiger partial charge in [0.1, 0.15) is 12.1 Å². The highest BCUT2D eigenvalue weighted by atomic mass is 16.5. The van der Waals surface area contributed by atoms with Gasteiger partial charge in [-0.25, -0.2) is 0 Å². The summed E-state index contributed by atoms with van der Waals surface area (Å²) in [5.41, 5.74) is 1.76. The predicted octanol–water partition coefficient (Wildman–Crippen LogP) is 2.77.